The smallest absolute Gasteiger partial charge is 0.337 e. The van der Waals surface area contributed by atoms with Crippen LogP contribution in [0, 0.1) is 0 Å². The van der Waals surface area contributed by atoms with Gasteiger partial charge in [-0.05, 0) is 18.9 Å². The molecule has 3 nitrogen and oxygen atoms in total. The molecule has 3 heteroatoms. The topological polar surface area (TPSA) is 42.2 Å². The monoisotopic (exact) mass is 287 g/mol. The number of hydrogen-bond donors (Lipinski definition) is 1. The van der Waals surface area contributed by atoms with Crippen LogP contribution in [0.5, 0.6) is 0 Å². The highest BCUT2D eigenvalue weighted by atomic mass is 16.4. The van der Waals surface area contributed by atoms with Gasteiger partial charge in [0.25, 0.3) is 0 Å². The lowest BCUT2D eigenvalue weighted by atomic mass is 10.0. The number of carboxylic acids is 1. The number of para-hydroxylation sites is 1. The van der Waals surface area contributed by atoms with Crippen LogP contribution < -0.4 is 0 Å². The maximum absolute atomic E-state index is 11.4. The van der Waals surface area contributed by atoms with Crippen LogP contribution in [-0.4, -0.2) is 15.6 Å². The molecule has 0 saturated heterocycles. The molecule has 1 aromatic carbocycles. The molecule has 0 bridgehead atoms. The van der Waals surface area contributed by atoms with Gasteiger partial charge in [0.1, 0.15) is 0 Å². The quantitative estimate of drug-likeness (QED) is 0.673. The summed E-state index contributed by atoms with van der Waals surface area (Å²) in [5.41, 5.74) is 1.45. The fourth-order valence-electron chi connectivity index (χ4n) is 3.02. The van der Waals surface area contributed by atoms with E-state index < -0.39 is 5.97 Å². The molecular formula is C18H25NO2. The molecule has 0 saturated carbocycles. The van der Waals surface area contributed by atoms with E-state index in [2.05, 4.69) is 18.4 Å². The Kier molecular flexibility index (Phi) is 5.43. The van der Waals surface area contributed by atoms with Crippen molar-refractivity contribution in [3.05, 3.63) is 36.0 Å². The van der Waals surface area contributed by atoms with Gasteiger partial charge in [0, 0.05) is 23.1 Å². The Morgan fingerprint density at radius 1 is 1.19 bits per heavy atom. The minimum Gasteiger partial charge on any atom is -0.478 e. The predicted octanol–water partition coefficient (Wildman–Crippen LogP) is 5.26. The number of carboxylic acid groups (broad SMARTS) is 1. The van der Waals surface area contributed by atoms with E-state index in [1.54, 1.807) is 0 Å². The van der Waals surface area contributed by atoms with Crippen molar-refractivity contribution in [3.63, 3.8) is 0 Å². The summed E-state index contributed by atoms with van der Waals surface area (Å²) in [5, 5.41) is 10.2. The molecule has 0 spiro atoms. The van der Waals surface area contributed by atoms with Crippen LogP contribution >= 0.6 is 0 Å². The number of carbonyl (C=O) groups is 1. The van der Waals surface area contributed by atoms with E-state index in [9.17, 15) is 9.90 Å². The maximum Gasteiger partial charge on any atom is 0.337 e. The zero-order valence-corrected chi connectivity index (χ0v) is 13.0. The predicted molar refractivity (Wildman–Crippen MR) is 87.0 cm³/mol. The second-order valence-electron chi connectivity index (χ2n) is 5.68. The molecule has 1 heterocycles. The van der Waals surface area contributed by atoms with Gasteiger partial charge in [0.2, 0.25) is 0 Å². The molecule has 0 amide bonds. The molecule has 1 unspecified atom stereocenters. The molecule has 2 aromatic rings. The van der Waals surface area contributed by atoms with Crippen molar-refractivity contribution in [2.75, 3.05) is 0 Å². The summed E-state index contributed by atoms with van der Waals surface area (Å²) in [6.07, 6.45) is 8.97. The molecule has 0 aliphatic heterocycles. The Morgan fingerprint density at radius 2 is 1.95 bits per heavy atom. The van der Waals surface area contributed by atoms with E-state index in [0.29, 0.717) is 11.6 Å². The van der Waals surface area contributed by atoms with Gasteiger partial charge in [0.15, 0.2) is 0 Å². The van der Waals surface area contributed by atoms with Gasteiger partial charge in [-0.1, -0.05) is 57.7 Å². The minimum absolute atomic E-state index is 0.389. The Labute approximate surface area is 126 Å². The lowest BCUT2D eigenvalue weighted by molar-refractivity contribution is 0.0698. The molecular weight excluding hydrogens is 262 g/mol. The number of rotatable bonds is 8. The van der Waals surface area contributed by atoms with Gasteiger partial charge in [-0.2, -0.15) is 0 Å². The first-order valence-electron chi connectivity index (χ1n) is 8.01. The second-order valence-corrected chi connectivity index (χ2v) is 5.68. The molecule has 2 rings (SSSR count). The van der Waals surface area contributed by atoms with Crippen molar-refractivity contribution in [2.45, 2.75) is 58.4 Å². The SMILES string of the molecule is CCCCCCC(CC)n1cc(C(=O)O)c2ccccc21. The molecule has 0 aliphatic carbocycles. The van der Waals surface area contributed by atoms with E-state index in [1.807, 2.05) is 30.5 Å². The maximum atomic E-state index is 11.4. The molecule has 0 aliphatic rings. The van der Waals surface area contributed by atoms with Crippen LogP contribution in [0.1, 0.15) is 68.8 Å². The zero-order valence-electron chi connectivity index (χ0n) is 13.0. The number of nitrogens with zero attached hydrogens (tertiary/aromatic N) is 1. The molecule has 114 valence electrons. The van der Waals surface area contributed by atoms with Crippen LogP contribution in [0.2, 0.25) is 0 Å². The molecule has 21 heavy (non-hydrogen) atoms. The third-order valence-electron chi connectivity index (χ3n) is 4.23. The van der Waals surface area contributed by atoms with Crippen molar-refractivity contribution >= 4 is 16.9 Å². The van der Waals surface area contributed by atoms with Crippen LogP contribution in [0.3, 0.4) is 0 Å². The van der Waals surface area contributed by atoms with Crippen molar-refractivity contribution in [3.8, 4) is 0 Å². The summed E-state index contributed by atoms with van der Waals surface area (Å²) >= 11 is 0. The van der Waals surface area contributed by atoms with E-state index >= 15 is 0 Å². The number of unbranched alkanes of at least 4 members (excludes halogenated alkanes) is 3. The Balaban J connectivity index is 2.28. The highest BCUT2D eigenvalue weighted by Crippen LogP contribution is 2.29. The van der Waals surface area contributed by atoms with Crippen LogP contribution in [0.4, 0.5) is 0 Å². The summed E-state index contributed by atoms with van der Waals surface area (Å²) in [4.78, 5) is 11.4. The number of fused-ring (bicyclic) bond motifs is 1. The summed E-state index contributed by atoms with van der Waals surface area (Å²) in [5.74, 6) is -0.842. The van der Waals surface area contributed by atoms with Crippen LogP contribution in [0.15, 0.2) is 30.5 Å². The summed E-state index contributed by atoms with van der Waals surface area (Å²) in [6, 6.07) is 8.20. The molecule has 1 atom stereocenters. The molecule has 1 N–H and O–H groups in total. The lowest BCUT2D eigenvalue weighted by Gasteiger charge is -2.18. The fraction of sp³-hybridized carbons (Fsp3) is 0.500. The first-order valence-corrected chi connectivity index (χ1v) is 8.01. The average Bonchev–Trinajstić information content (AvgIpc) is 2.87. The third kappa shape index (κ3) is 3.46. The van der Waals surface area contributed by atoms with Gasteiger partial charge < -0.3 is 9.67 Å². The Bertz CT molecular complexity index is 600. The first-order chi connectivity index (χ1) is 10.2. The summed E-state index contributed by atoms with van der Waals surface area (Å²) in [7, 11) is 0. The number of hydrogen-bond acceptors (Lipinski definition) is 1. The normalized spacial score (nSPS) is 12.7. The molecule has 1 aromatic heterocycles. The van der Waals surface area contributed by atoms with Crippen LogP contribution in [-0.2, 0) is 0 Å². The van der Waals surface area contributed by atoms with Crippen molar-refractivity contribution in [1.29, 1.82) is 0 Å². The first kappa shape index (κ1) is 15.6. The number of benzene rings is 1. The Morgan fingerprint density at radius 3 is 2.62 bits per heavy atom. The summed E-state index contributed by atoms with van der Waals surface area (Å²) in [6.45, 7) is 4.40. The van der Waals surface area contributed by atoms with Crippen molar-refractivity contribution in [1.82, 2.24) is 4.57 Å². The van der Waals surface area contributed by atoms with E-state index in [4.69, 9.17) is 0 Å². The molecule has 0 radical (unpaired) electrons. The van der Waals surface area contributed by atoms with Crippen molar-refractivity contribution in [2.24, 2.45) is 0 Å². The van der Waals surface area contributed by atoms with E-state index in [1.165, 1.54) is 25.7 Å². The second kappa shape index (κ2) is 7.30. The summed E-state index contributed by atoms with van der Waals surface area (Å²) < 4.78 is 2.17. The van der Waals surface area contributed by atoms with E-state index in [-0.39, 0.29) is 0 Å². The highest BCUT2D eigenvalue weighted by Gasteiger charge is 2.17. The Hall–Kier alpha value is -1.77. The number of aromatic nitrogens is 1. The molecule has 0 fully saturated rings. The van der Waals surface area contributed by atoms with Gasteiger partial charge in [-0.15, -0.1) is 0 Å². The van der Waals surface area contributed by atoms with Gasteiger partial charge in [-0.3, -0.25) is 0 Å². The fourth-order valence-corrected chi connectivity index (χ4v) is 3.02. The van der Waals surface area contributed by atoms with Gasteiger partial charge >= 0.3 is 5.97 Å². The zero-order chi connectivity index (χ0) is 15.2. The average molecular weight is 287 g/mol. The van der Waals surface area contributed by atoms with E-state index in [0.717, 1.165) is 23.7 Å². The largest absolute Gasteiger partial charge is 0.478 e. The van der Waals surface area contributed by atoms with Gasteiger partial charge in [-0.25, -0.2) is 4.79 Å². The number of aromatic carboxylic acids is 1. The minimum atomic E-state index is -0.842. The standard InChI is InChI=1S/C18H25NO2/c1-3-5-6-7-10-14(4-2)19-13-16(18(20)21)15-11-8-9-12-17(15)19/h8-9,11-14H,3-7,10H2,1-2H3,(H,20,21). The van der Waals surface area contributed by atoms with Crippen LogP contribution in [0.25, 0.3) is 10.9 Å². The van der Waals surface area contributed by atoms with Crippen molar-refractivity contribution < 1.29 is 9.90 Å². The third-order valence-corrected chi connectivity index (χ3v) is 4.23. The highest BCUT2D eigenvalue weighted by molar-refractivity contribution is 6.03. The lowest BCUT2D eigenvalue weighted by Crippen LogP contribution is -2.07. The van der Waals surface area contributed by atoms with Gasteiger partial charge in [0.05, 0.1) is 5.56 Å².